The maximum absolute atomic E-state index is 12.8. The molecule has 0 saturated heterocycles. The molecule has 6 heteroatoms. The van der Waals surface area contributed by atoms with E-state index in [1.165, 1.54) is 199 Å². The number of carbonyl (C=O) groups is 3. The number of rotatable bonds is 49. The average Bonchev–Trinajstić information content (AvgIpc) is 3.23. The second-order valence-electron chi connectivity index (χ2n) is 19.0. The highest BCUT2D eigenvalue weighted by Crippen LogP contribution is 2.17. The van der Waals surface area contributed by atoms with Gasteiger partial charge in [-0.25, -0.2) is 0 Å². The summed E-state index contributed by atoms with van der Waals surface area (Å²) in [4.78, 5) is 37.9. The van der Waals surface area contributed by atoms with Crippen LogP contribution in [-0.4, -0.2) is 37.2 Å². The zero-order valence-corrected chi connectivity index (χ0v) is 40.9. The molecule has 0 rings (SSSR count). The van der Waals surface area contributed by atoms with Crippen molar-refractivity contribution in [1.29, 1.82) is 0 Å². The van der Waals surface area contributed by atoms with Crippen LogP contribution in [0.5, 0.6) is 0 Å². The SMILES string of the molecule is CCCCCCCCCCCCCCCCCCCC(=O)OC[C@@H](COC(=O)CCCCCCCCC(C)C)OC(=O)CCCCCCCCCCCCCCCCCC. The highest BCUT2D eigenvalue weighted by molar-refractivity contribution is 5.71. The van der Waals surface area contributed by atoms with E-state index in [0.29, 0.717) is 19.3 Å². The van der Waals surface area contributed by atoms with Gasteiger partial charge in [0.1, 0.15) is 13.2 Å². The Hall–Kier alpha value is -1.59. The van der Waals surface area contributed by atoms with Gasteiger partial charge in [-0.3, -0.25) is 14.4 Å². The van der Waals surface area contributed by atoms with Gasteiger partial charge in [-0.2, -0.15) is 0 Å². The van der Waals surface area contributed by atoms with Gasteiger partial charge in [0.05, 0.1) is 0 Å². The second-order valence-corrected chi connectivity index (χ2v) is 19.0. The summed E-state index contributed by atoms with van der Waals surface area (Å²) in [5, 5.41) is 0. The molecule has 0 aromatic rings. The molecule has 0 aliphatic carbocycles. The summed E-state index contributed by atoms with van der Waals surface area (Å²) in [7, 11) is 0. The number of hydrogen-bond donors (Lipinski definition) is 0. The maximum atomic E-state index is 12.8. The van der Waals surface area contributed by atoms with E-state index in [-0.39, 0.29) is 31.1 Å². The van der Waals surface area contributed by atoms with E-state index in [2.05, 4.69) is 27.7 Å². The number of carbonyl (C=O) groups excluding carboxylic acids is 3. The van der Waals surface area contributed by atoms with Gasteiger partial charge in [-0.1, -0.05) is 265 Å². The number of ether oxygens (including phenoxy) is 3. The van der Waals surface area contributed by atoms with Gasteiger partial charge in [0, 0.05) is 19.3 Å². The third-order valence-corrected chi connectivity index (χ3v) is 12.3. The molecule has 0 heterocycles. The molecule has 0 N–H and O–H groups in total. The first-order valence-corrected chi connectivity index (χ1v) is 26.9. The van der Waals surface area contributed by atoms with Gasteiger partial charge in [0.2, 0.25) is 0 Å². The quantitative estimate of drug-likeness (QED) is 0.0345. The van der Waals surface area contributed by atoms with E-state index in [4.69, 9.17) is 14.2 Å². The molecule has 0 amide bonds. The third-order valence-electron chi connectivity index (χ3n) is 12.3. The van der Waals surface area contributed by atoms with Crippen molar-refractivity contribution < 1.29 is 28.6 Å². The van der Waals surface area contributed by atoms with E-state index in [1.807, 2.05) is 0 Å². The summed E-state index contributed by atoms with van der Waals surface area (Å²) in [6, 6.07) is 0. The lowest BCUT2D eigenvalue weighted by Crippen LogP contribution is -2.30. The standard InChI is InChI=1S/C54H104O6/c1-5-7-9-11-13-15-17-19-21-23-25-26-28-30-32-37-41-45-52(55)58-48-51(49-59-53(56)46-42-38-35-34-36-40-44-50(3)4)60-54(57)47-43-39-33-31-29-27-24-22-20-18-16-14-12-10-8-6-2/h50-51H,5-49H2,1-4H3/t51-/m0/s1. The minimum atomic E-state index is -0.761. The fraction of sp³-hybridized carbons (Fsp3) is 0.944. The van der Waals surface area contributed by atoms with E-state index < -0.39 is 6.10 Å². The molecule has 0 saturated carbocycles. The average molecular weight is 849 g/mol. The van der Waals surface area contributed by atoms with Gasteiger partial charge in [-0.15, -0.1) is 0 Å². The first-order chi connectivity index (χ1) is 29.4. The van der Waals surface area contributed by atoms with Crippen LogP contribution in [0.2, 0.25) is 0 Å². The molecular formula is C54H104O6. The van der Waals surface area contributed by atoms with E-state index in [0.717, 1.165) is 63.7 Å². The van der Waals surface area contributed by atoms with E-state index >= 15 is 0 Å². The minimum Gasteiger partial charge on any atom is -0.462 e. The first kappa shape index (κ1) is 58.4. The molecule has 0 bridgehead atoms. The van der Waals surface area contributed by atoms with Gasteiger partial charge in [-0.05, 0) is 25.2 Å². The van der Waals surface area contributed by atoms with Crippen molar-refractivity contribution in [1.82, 2.24) is 0 Å². The molecule has 0 fully saturated rings. The van der Waals surface area contributed by atoms with Crippen LogP contribution in [0.15, 0.2) is 0 Å². The summed E-state index contributed by atoms with van der Waals surface area (Å²) in [5.74, 6) is -0.0835. The van der Waals surface area contributed by atoms with Crippen molar-refractivity contribution >= 4 is 17.9 Å². The summed E-state index contributed by atoms with van der Waals surface area (Å²) in [5.41, 5.74) is 0. The molecular weight excluding hydrogens is 745 g/mol. The van der Waals surface area contributed by atoms with Crippen LogP contribution in [-0.2, 0) is 28.6 Å². The third kappa shape index (κ3) is 47.5. The lowest BCUT2D eigenvalue weighted by atomic mass is 10.0. The second kappa shape index (κ2) is 48.4. The lowest BCUT2D eigenvalue weighted by molar-refractivity contribution is -0.167. The van der Waals surface area contributed by atoms with Gasteiger partial charge >= 0.3 is 17.9 Å². The molecule has 1 atom stereocenters. The highest BCUT2D eigenvalue weighted by atomic mass is 16.6. The Morgan fingerprint density at radius 1 is 0.317 bits per heavy atom. The summed E-state index contributed by atoms with van der Waals surface area (Å²) in [6.45, 7) is 8.97. The Kier molecular flexibility index (Phi) is 47.2. The van der Waals surface area contributed by atoms with Crippen LogP contribution < -0.4 is 0 Å². The molecule has 0 radical (unpaired) electrons. The Morgan fingerprint density at radius 2 is 0.550 bits per heavy atom. The number of unbranched alkanes of at least 4 members (excludes halogenated alkanes) is 36. The molecule has 356 valence electrons. The Bertz CT molecular complexity index is 903. The number of hydrogen-bond acceptors (Lipinski definition) is 6. The largest absolute Gasteiger partial charge is 0.462 e. The van der Waals surface area contributed by atoms with Crippen molar-refractivity contribution in [3.8, 4) is 0 Å². The highest BCUT2D eigenvalue weighted by Gasteiger charge is 2.19. The monoisotopic (exact) mass is 849 g/mol. The van der Waals surface area contributed by atoms with Crippen LogP contribution in [0.25, 0.3) is 0 Å². The number of esters is 3. The van der Waals surface area contributed by atoms with Gasteiger partial charge in [0.25, 0.3) is 0 Å². The van der Waals surface area contributed by atoms with Crippen molar-refractivity contribution in [3.05, 3.63) is 0 Å². The van der Waals surface area contributed by atoms with Crippen molar-refractivity contribution in [3.63, 3.8) is 0 Å². The summed E-state index contributed by atoms with van der Waals surface area (Å²) < 4.78 is 16.8. The van der Waals surface area contributed by atoms with Gasteiger partial charge < -0.3 is 14.2 Å². The molecule has 0 aromatic carbocycles. The maximum Gasteiger partial charge on any atom is 0.306 e. The Labute approximate surface area is 374 Å². The zero-order chi connectivity index (χ0) is 43.8. The summed E-state index contributed by atoms with van der Waals surface area (Å²) >= 11 is 0. The predicted molar refractivity (Wildman–Crippen MR) is 257 cm³/mol. The first-order valence-electron chi connectivity index (χ1n) is 26.9. The van der Waals surface area contributed by atoms with E-state index in [1.54, 1.807) is 0 Å². The summed E-state index contributed by atoms with van der Waals surface area (Å²) in [6.07, 6.45) is 51.1. The molecule has 60 heavy (non-hydrogen) atoms. The molecule has 0 aromatic heterocycles. The molecule has 0 spiro atoms. The topological polar surface area (TPSA) is 78.9 Å². The fourth-order valence-corrected chi connectivity index (χ4v) is 8.22. The zero-order valence-electron chi connectivity index (χ0n) is 40.9. The smallest absolute Gasteiger partial charge is 0.306 e. The molecule has 6 nitrogen and oxygen atoms in total. The minimum absolute atomic E-state index is 0.0633. The van der Waals surface area contributed by atoms with Crippen LogP contribution in [0.3, 0.4) is 0 Å². The van der Waals surface area contributed by atoms with Gasteiger partial charge in [0.15, 0.2) is 6.10 Å². The normalized spacial score (nSPS) is 11.9. The van der Waals surface area contributed by atoms with Crippen LogP contribution in [0.4, 0.5) is 0 Å². The fourth-order valence-electron chi connectivity index (χ4n) is 8.22. The Morgan fingerprint density at radius 3 is 0.817 bits per heavy atom. The van der Waals surface area contributed by atoms with Crippen molar-refractivity contribution in [2.75, 3.05) is 13.2 Å². The van der Waals surface area contributed by atoms with Crippen LogP contribution >= 0.6 is 0 Å². The predicted octanol–water partition coefficient (Wildman–Crippen LogP) is 17.5. The van der Waals surface area contributed by atoms with Crippen molar-refractivity contribution in [2.24, 2.45) is 5.92 Å². The molecule has 0 aliphatic heterocycles. The molecule has 0 unspecified atom stereocenters. The van der Waals surface area contributed by atoms with E-state index in [9.17, 15) is 14.4 Å². The lowest BCUT2D eigenvalue weighted by Gasteiger charge is -2.18. The Balaban J connectivity index is 4.24. The van der Waals surface area contributed by atoms with Crippen LogP contribution in [0, 0.1) is 5.92 Å². The van der Waals surface area contributed by atoms with Crippen LogP contribution in [0.1, 0.15) is 304 Å². The van der Waals surface area contributed by atoms with Crippen molar-refractivity contribution in [2.45, 2.75) is 310 Å². The molecule has 0 aliphatic rings.